The second-order valence-electron chi connectivity index (χ2n) is 5.48. The molecule has 2 rings (SSSR count). The van der Waals surface area contributed by atoms with E-state index in [1.165, 1.54) is 12.1 Å². The minimum Gasteiger partial charge on any atom is -0.508 e. The number of benzene rings is 2. The topological polar surface area (TPSA) is 69.6 Å². The lowest BCUT2D eigenvalue weighted by Crippen LogP contribution is -2.28. The summed E-state index contributed by atoms with van der Waals surface area (Å²) >= 11 is 0. The molecule has 24 heavy (non-hydrogen) atoms. The van der Waals surface area contributed by atoms with E-state index in [4.69, 9.17) is 0 Å². The largest absolute Gasteiger partial charge is 0.508 e. The summed E-state index contributed by atoms with van der Waals surface area (Å²) in [5.41, 5.74) is 2.48. The van der Waals surface area contributed by atoms with Crippen LogP contribution >= 0.6 is 0 Å². The van der Waals surface area contributed by atoms with Gasteiger partial charge in [-0.3, -0.25) is 9.59 Å². The van der Waals surface area contributed by atoms with Gasteiger partial charge in [-0.05, 0) is 55.3 Å². The van der Waals surface area contributed by atoms with E-state index in [-0.39, 0.29) is 17.6 Å². The Bertz CT molecular complexity index is 694. The van der Waals surface area contributed by atoms with Gasteiger partial charge in [0.05, 0.1) is 0 Å². The molecule has 0 heterocycles. The fraction of sp³-hybridized carbons (Fsp3) is 0.263. The van der Waals surface area contributed by atoms with E-state index in [1.807, 2.05) is 31.2 Å². The van der Waals surface area contributed by atoms with Crippen LogP contribution in [0.2, 0.25) is 0 Å². The molecule has 2 N–H and O–H groups in total. The Morgan fingerprint density at radius 3 is 2.21 bits per heavy atom. The van der Waals surface area contributed by atoms with Crippen LogP contribution in [0, 0.1) is 0 Å². The van der Waals surface area contributed by atoms with Gasteiger partial charge in [0.25, 0.3) is 5.91 Å². The Morgan fingerprint density at radius 1 is 1.04 bits per heavy atom. The molecule has 0 unspecified atom stereocenters. The fourth-order valence-corrected chi connectivity index (χ4v) is 2.46. The van der Waals surface area contributed by atoms with Gasteiger partial charge < -0.3 is 15.3 Å². The number of nitrogens with zero attached hydrogens (tertiary/aromatic N) is 1. The summed E-state index contributed by atoms with van der Waals surface area (Å²) < 4.78 is 0. The van der Waals surface area contributed by atoms with Crippen LogP contribution < -0.4 is 10.2 Å². The molecule has 5 heteroatoms. The molecule has 2 aromatic rings. The van der Waals surface area contributed by atoms with Crippen LogP contribution in [0.5, 0.6) is 5.75 Å². The SMILES string of the molecule is CCN(C(C)=O)c1ccc(CCNC(=O)c2ccc(O)cc2)cc1. The smallest absolute Gasteiger partial charge is 0.251 e. The first-order chi connectivity index (χ1) is 11.5. The van der Waals surface area contributed by atoms with Crippen LogP contribution in [0.1, 0.15) is 29.8 Å². The van der Waals surface area contributed by atoms with Crippen molar-refractivity contribution in [3.8, 4) is 5.75 Å². The first-order valence-electron chi connectivity index (χ1n) is 7.95. The predicted octanol–water partition coefficient (Wildman–Crippen LogP) is 2.74. The highest BCUT2D eigenvalue weighted by molar-refractivity contribution is 5.94. The Kier molecular flexibility index (Phi) is 5.95. The Morgan fingerprint density at radius 2 is 1.67 bits per heavy atom. The summed E-state index contributed by atoms with van der Waals surface area (Å²) in [5.74, 6) is -0.00917. The minimum absolute atomic E-state index is 0.0198. The Hall–Kier alpha value is -2.82. The molecule has 0 spiro atoms. The fourth-order valence-electron chi connectivity index (χ4n) is 2.46. The van der Waals surface area contributed by atoms with Crippen molar-refractivity contribution in [2.24, 2.45) is 0 Å². The second-order valence-corrected chi connectivity index (χ2v) is 5.48. The number of phenolic OH excluding ortho intramolecular Hbond substituents is 1. The Labute approximate surface area is 141 Å². The van der Waals surface area contributed by atoms with E-state index < -0.39 is 0 Å². The first-order valence-corrected chi connectivity index (χ1v) is 7.95. The monoisotopic (exact) mass is 326 g/mol. The molecule has 0 bridgehead atoms. The third-order valence-corrected chi connectivity index (χ3v) is 3.77. The highest BCUT2D eigenvalue weighted by Gasteiger charge is 2.09. The maximum absolute atomic E-state index is 12.0. The molecule has 0 aliphatic carbocycles. The van der Waals surface area contributed by atoms with E-state index in [9.17, 15) is 14.7 Å². The van der Waals surface area contributed by atoms with Crippen LogP contribution in [0.15, 0.2) is 48.5 Å². The minimum atomic E-state index is -0.166. The zero-order chi connectivity index (χ0) is 17.5. The molecule has 0 atom stereocenters. The van der Waals surface area contributed by atoms with Crippen molar-refractivity contribution in [2.45, 2.75) is 20.3 Å². The number of nitrogens with one attached hydrogen (secondary N) is 1. The van der Waals surface area contributed by atoms with Crippen molar-refractivity contribution < 1.29 is 14.7 Å². The van der Waals surface area contributed by atoms with Crippen molar-refractivity contribution in [1.82, 2.24) is 5.32 Å². The normalized spacial score (nSPS) is 10.2. The highest BCUT2D eigenvalue weighted by atomic mass is 16.3. The molecule has 0 saturated carbocycles. The van der Waals surface area contributed by atoms with Crippen LogP contribution in [0.25, 0.3) is 0 Å². The third-order valence-electron chi connectivity index (χ3n) is 3.77. The molecule has 0 aromatic heterocycles. The molecule has 5 nitrogen and oxygen atoms in total. The lowest BCUT2D eigenvalue weighted by molar-refractivity contribution is -0.116. The molecule has 2 aromatic carbocycles. The quantitative estimate of drug-likeness (QED) is 0.857. The van der Waals surface area contributed by atoms with E-state index in [0.717, 1.165) is 11.3 Å². The maximum Gasteiger partial charge on any atom is 0.251 e. The summed E-state index contributed by atoms with van der Waals surface area (Å²) in [6, 6.07) is 13.9. The highest BCUT2D eigenvalue weighted by Crippen LogP contribution is 2.15. The second kappa shape index (κ2) is 8.15. The van der Waals surface area contributed by atoms with Crippen LogP contribution in [-0.4, -0.2) is 30.0 Å². The van der Waals surface area contributed by atoms with Gasteiger partial charge in [0, 0.05) is 31.3 Å². The van der Waals surface area contributed by atoms with Gasteiger partial charge in [0.2, 0.25) is 5.91 Å². The number of phenols is 1. The van der Waals surface area contributed by atoms with Crippen LogP contribution in [0.3, 0.4) is 0 Å². The average molecular weight is 326 g/mol. The molecule has 0 aliphatic rings. The van der Waals surface area contributed by atoms with Crippen LogP contribution in [-0.2, 0) is 11.2 Å². The number of hydrogen-bond acceptors (Lipinski definition) is 3. The van der Waals surface area contributed by atoms with E-state index in [1.54, 1.807) is 24.0 Å². The molecule has 0 fully saturated rings. The summed E-state index contributed by atoms with van der Waals surface area (Å²) in [7, 11) is 0. The summed E-state index contributed by atoms with van der Waals surface area (Å²) in [6.07, 6.45) is 0.705. The molecular weight excluding hydrogens is 304 g/mol. The first kappa shape index (κ1) is 17.5. The zero-order valence-electron chi connectivity index (χ0n) is 14.0. The number of carbonyl (C=O) groups is 2. The van der Waals surface area contributed by atoms with Gasteiger partial charge in [-0.25, -0.2) is 0 Å². The number of amides is 2. The zero-order valence-corrected chi connectivity index (χ0v) is 14.0. The van der Waals surface area contributed by atoms with Crippen molar-refractivity contribution in [3.63, 3.8) is 0 Å². The van der Waals surface area contributed by atoms with Crippen LogP contribution in [0.4, 0.5) is 5.69 Å². The van der Waals surface area contributed by atoms with Gasteiger partial charge in [-0.2, -0.15) is 0 Å². The lowest BCUT2D eigenvalue weighted by Gasteiger charge is -2.19. The van der Waals surface area contributed by atoms with E-state index in [2.05, 4.69) is 5.32 Å². The maximum atomic E-state index is 12.0. The van der Waals surface area contributed by atoms with Gasteiger partial charge in [-0.15, -0.1) is 0 Å². The summed E-state index contributed by atoms with van der Waals surface area (Å²) in [6.45, 7) is 4.64. The molecule has 2 amide bonds. The number of carbonyl (C=O) groups excluding carboxylic acids is 2. The molecule has 0 radical (unpaired) electrons. The lowest BCUT2D eigenvalue weighted by atomic mass is 10.1. The number of anilines is 1. The average Bonchev–Trinajstić information content (AvgIpc) is 2.57. The Balaban J connectivity index is 1.87. The van der Waals surface area contributed by atoms with Crippen molar-refractivity contribution in [3.05, 3.63) is 59.7 Å². The molecular formula is C19H22N2O3. The predicted molar refractivity (Wildman–Crippen MR) is 94.3 cm³/mol. The molecule has 0 aliphatic heterocycles. The third kappa shape index (κ3) is 4.59. The van der Waals surface area contributed by atoms with Crippen molar-refractivity contribution in [2.75, 3.05) is 18.0 Å². The number of hydrogen-bond donors (Lipinski definition) is 2. The van der Waals surface area contributed by atoms with E-state index in [0.29, 0.717) is 25.1 Å². The summed E-state index contributed by atoms with van der Waals surface area (Å²) in [5, 5.41) is 12.1. The van der Waals surface area contributed by atoms with E-state index >= 15 is 0 Å². The summed E-state index contributed by atoms with van der Waals surface area (Å²) in [4.78, 5) is 25.2. The van der Waals surface area contributed by atoms with Gasteiger partial charge in [-0.1, -0.05) is 12.1 Å². The molecule has 0 saturated heterocycles. The number of aromatic hydroxyl groups is 1. The standard InChI is InChI=1S/C19H22N2O3/c1-3-21(14(2)22)17-8-4-15(5-9-17)12-13-20-19(24)16-6-10-18(23)11-7-16/h4-11,23H,3,12-13H2,1-2H3,(H,20,24). The van der Waals surface area contributed by atoms with Gasteiger partial charge in [0.15, 0.2) is 0 Å². The van der Waals surface area contributed by atoms with Crippen molar-refractivity contribution >= 4 is 17.5 Å². The number of rotatable bonds is 6. The van der Waals surface area contributed by atoms with Gasteiger partial charge in [0.1, 0.15) is 5.75 Å². The van der Waals surface area contributed by atoms with Crippen molar-refractivity contribution in [1.29, 1.82) is 0 Å². The van der Waals surface area contributed by atoms with Gasteiger partial charge >= 0.3 is 0 Å². The molecule has 126 valence electrons.